The summed E-state index contributed by atoms with van der Waals surface area (Å²) >= 11 is 0. The summed E-state index contributed by atoms with van der Waals surface area (Å²) in [4.78, 5) is 5.32. The van der Waals surface area contributed by atoms with E-state index in [-0.39, 0.29) is 0 Å². The topological polar surface area (TPSA) is 6.48 Å². The van der Waals surface area contributed by atoms with E-state index in [0.29, 0.717) is 0 Å². The summed E-state index contributed by atoms with van der Waals surface area (Å²) in [6, 6.07) is 2.52. The highest BCUT2D eigenvalue weighted by Gasteiger charge is 2.43. The smallest absolute Gasteiger partial charge is 0.0381 e. The first-order chi connectivity index (χ1) is 6.24. The minimum Gasteiger partial charge on any atom is -0.297 e. The van der Waals surface area contributed by atoms with Crippen molar-refractivity contribution in [3.05, 3.63) is 0 Å². The Labute approximate surface area is 81.9 Å². The van der Waals surface area contributed by atoms with E-state index in [1.165, 1.54) is 32.5 Å². The highest BCUT2D eigenvalue weighted by atomic mass is 15.4. The lowest BCUT2D eigenvalue weighted by molar-refractivity contribution is -0.0677. The van der Waals surface area contributed by atoms with Gasteiger partial charge in [0.15, 0.2) is 0 Å². The van der Waals surface area contributed by atoms with Gasteiger partial charge in [-0.2, -0.15) is 0 Å². The number of rotatable bonds is 2. The van der Waals surface area contributed by atoms with Gasteiger partial charge in [-0.1, -0.05) is 6.92 Å². The van der Waals surface area contributed by atoms with Crippen molar-refractivity contribution in [3.8, 4) is 0 Å². The molecule has 2 unspecified atom stereocenters. The van der Waals surface area contributed by atoms with Gasteiger partial charge in [0.05, 0.1) is 0 Å². The SMILES string of the molecule is CCN1CC2C1CCCN2C(C)C. The monoisotopic (exact) mass is 182 g/mol. The molecule has 13 heavy (non-hydrogen) atoms. The zero-order chi connectivity index (χ0) is 9.42. The minimum atomic E-state index is 0.742. The standard InChI is InChI=1S/C11H22N2/c1-4-12-8-11-10(12)6-5-7-13(11)9(2)3/h9-11H,4-8H2,1-3H3. The Balaban J connectivity index is 1.96. The molecule has 0 amide bonds. The molecule has 0 aromatic rings. The molecular formula is C11H22N2. The van der Waals surface area contributed by atoms with Crippen LogP contribution in [0.15, 0.2) is 0 Å². The third kappa shape index (κ3) is 1.50. The molecule has 2 fully saturated rings. The molecule has 2 heteroatoms. The molecule has 2 saturated heterocycles. The number of likely N-dealkylation sites (tertiary alicyclic amines) is 2. The van der Waals surface area contributed by atoms with Crippen LogP contribution < -0.4 is 0 Å². The summed E-state index contributed by atoms with van der Waals surface area (Å²) in [5.41, 5.74) is 0. The Morgan fingerprint density at radius 2 is 2.08 bits per heavy atom. The fourth-order valence-corrected chi connectivity index (χ4v) is 2.96. The first-order valence-corrected chi connectivity index (χ1v) is 5.73. The molecular weight excluding hydrogens is 160 g/mol. The molecule has 0 N–H and O–H groups in total. The predicted octanol–water partition coefficient (Wildman–Crippen LogP) is 1.56. The second-order valence-electron chi connectivity index (χ2n) is 4.70. The lowest BCUT2D eigenvalue weighted by Gasteiger charge is -2.56. The maximum absolute atomic E-state index is 2.69. The maximum Gasteiger partial charge on any atom is 0.0381 e. The van der Waals surface area contributed by atoms with Gasteiger partial charge in [0.25, 0.3) is 0 Å². The zero-order valence-corrected chi connectivity index (χ0v) is 9.16. The zero-order valence-electron chi connectivity index (χ0n) is 9.16. The normalized spacial score (nSPS) is 36.0. The second kappa shape index (κ2) is 3.58. The molecule has 0 bridgehead atoms. The van der Waals surface area contributed by atoms with Crippen molar-refractivity contribution in [2.75, 3.05) is 19.6 Å². The quantitative estimate of drug-likeness (QED) is 0.639. The van der Waals surface area contributed by atoms with Crippen molar-refractivity contribution >= 4 is 0 Å². The lowest BCUT2D eigenvalue weighted by Crippen LogP contribution is -2.69. The van der Waals surface area contributed by atoms with Gasteiger partial charge in [-0.3, -0.25) is 9.80 Å². The number of fused-ring (bicyclic) bond motifs is 1. The molecule has 2 aliphatic rings. The van der Waals surface area contributed by atoms with Gasteiger partial charge in [-0.25, -0.2) is 0 Å². The first kappa shape index (κ1) is 9.47. The maximum atomic E-state index is 2.69. The average Bonchev–Trinajstić information content (AvgIpc) is 2.06. The highest BCUT2D eigenvalue weighted by molar-refractivity contribution is 5.01. The molecule has 2 aliphatic heterocycles. The molecule has 2 atom stereocenters. The molecule has 2 nitrogen and oxygen atoms in total. The highest BCUT2D eigenvalue weighted by Crippen LogP contribution is 2.32. The van der Waals surface area contributed by atoms with E-state index in [1.807, 2.05) is 0 Å². The fraction of sp³-hybridized carbons (Fsp3) is 1.00. The van der Waals surface area contributed by atoms with Crippen LogP contribution in [0.3, 0.4) is 0 Å². The second-order valence-corrected chi connectivity index (χ2v) is 4.70. The summed E-state index contributed by atoms with van der Waals surface area (Å²) in [5, 5.41) is 0. The Hall–Kier alpha value is -0.0800. The molecule has 76 valence electrons. The number of hydrogen-bond donors (Lipinski definition) is 0. The van der Waals surface area contributed by atoms with Crippen LogP contribution in [0.4, 0.5) is 0 Å². The molecule has 0 spiro atoms. The number of hydrogen-bond acceptors (Lipinski definition) is 2. The molecule has 2 heterocycles. The molecule has 0 saturated carbocycles. The molecule has 0 aromatic heterocycles. The van der Waals surface area contributed by atoms with E-state index in [9.17, 15) is 0 Å². The van der Waals surface area contributed by atoms with E-state index in [4.69, 9.17) is 0 Å². The average molecular weight is 182 g/mol. The van der Waals surface area contributed by atoms with Crippen molar-refractivity contribution in [2.45, 2.75) is 51.7 Å². The Kier molecular flexibility index (Phi) is 2.61. The van der Waals surface area contributed by atoms with Crippen LogP contribution in [0.1, 0.15) is 33.6 Å². The lowest BCUT2D eigenvalue weighted by atomic mass is 9.86. The van der Waals surface area contributed by atoms with E-state index < -0.39 is 0 Å². The van der Waals surface area contributed by atoms with Gasteiger partial charge in [0, 0.05) is 24.7 Å². The number of likely N-dealkylation sites (N-methyl/N-ethyl adjacent to an activating group) is 1. The van der Waals surface area contributed by atoms with Gasteiger partial charge < -0.3 is 0 Å². The van der Waals surface area contributed by atoms with Gasteiger partial charge in [0.1, 0.15) is 0 Å². The van der Waals surface area contributed by atoms with Crippen molar-refractivity contribution in [2.24, 2.45) is 0 Å². The third-order valence-electron chi connectivity index (χ3n) is 3.75. The van der Waals surface area contributed by atoms with E-state index >= 15 is 0 Å². The van der Waals surface area contributed by atoms with Gasteiger partial charge in [-0.05, 0) is 39.8 Å². The van der Waals surface area contributed by atoms with Crippen LogP contribution >= 0.6 is 0 Å². The third-order valence-corrected chi connectivity index (χ3v) is 3.75. The summed E-state index contributed by atoms with van der Waals surface area (Å²) in [6.45, 7) is 10.8. The van der Waals surface area contributed by atoms with Crippen molar-refractivity contribution in [1.82, 2.24) is 9.80 Å². The summed E-state index contributed by atoms with van der Waals surface area (Å²) in [7, 11) is 0. The van der Waals surface area contributed by atoms with Crippen LogP contribution in [0.5, 0.6) is 0 Å². The van der Waals surface area contributed by atoms with Crippen LogP contribution in [-0.4, -0.2) is 47.6 Å². The van der Waals surface area contributed by atoms with Crippen molar-refractivity contribution in [3.63, 3.8) is 0 Å². The fourth-order valence-electron chi connectivity index (χ4n) is 2.96. The van der Waals surface area contributed by atoms with Gasteiger partial charge in [-0.15, -0.1) is 0 Å². The minimum absolute atomic E-state index is 0.742. The largest absolute Gasteiger partial charge is 0.297 e. The molecule has 0 aliphatic carbocycles. The first-order valence-electron chi connectivity index (χ1n) is 5.73. The molecule has 0 radical (unpaired) electrons. The number of piperidine rings is 1. The molecule has 2 rings (SSSR count). The van der Waals surface area contributed by atoms with Gasteiger partial charge >= 0.3 is 0 Å². The van der Waals surface area contributed by atoms with Gasteiger partial charge in [0.2, 0.25) is 0 Å². The van der Waals surface area contributed by atoms with Crippen LogP contribution in [0, 0.1) is 0 Å². The molecule has 0 aromatic carbocycles. The Morgan fingerprint density at radius 3 is 2.69 bits per heavy atom. The van der Waals surface area contributed by atoms with Crippen molar-refractivity contribution in [1.29, 1.82) is 0 Å². The van der Waals surface area contributed by atoms with Crippen LogP contribution in [-0.2, 0) is 0 Å². The summed E-state index contributed by atoms with van der Waals surface area (Å²) in [6.07, 6.45) is 2.83. The number of nitrogens with zero attached hydrogens (tertiary/aromatic N) is 2. The van der Waals surface area contributed by atoms with Crippen LogP contribution in [0.25, 0.3) is 0 Å². The van der Waals surface area contributed by atoms with E-state index in [1.54, 1.807) is 0 Å². The Morgan fingerprint density at radius 1 is 1.31 bits per heavy atom. The van der Waals surface area contributed by atoms with E-state index in [0.717, 1.165) is 18.1 Å². The van der Waals surface area contributed by atoms with Crippen LogP contribution in [0.2, 0.25) is 0 Å². The van der Waals surface area contributed by atoms with E-state index in [2.05, 4.69) is 30.6 Å². The summed E-state index contributed by atoms with van der Waals surface area (Å²) in [5.74, 6) is 0. The predicted molar refractivity (Wildman–Crippen MR) is 55.9 cm³/mol. The van der Waals surface area contributed by atoms with Crippen molar-refractivity contribution < 1.29 is 0 Å². The Bertz CT molecular complexity index is 179. The summed E-state index contributed by atoms with van der Waals surface area (Å²) < 4.78 is 0.